The Kier molecular flexibility index (Phi) is 3.05. The maximum absolute atomic E-state index is 9.24. The zero-order valence-corrected chi connectivity index (χ0v) is 11.9. The van der Waals surface area contributed by atoms with Crippen molar-refractivity contribution in [3.63, 3.8) is 0 Å². The van der Waals surface area contributed by atoms with Gasteiger partial charge in [0.1, 0.15) is 0 Å². The Morgan fingerprint density at radius 3 is 2.62 bits per heavy atom. The molecule has 1 aliphatic heterocycles. The summed E-state index contributed by atoms with van der Waals surface area (Å²) in [6.45, 7) is 0.854. The summed E-state index contributed by atoms with van der Waals surface area (Å²) in [6, 6.07) is 14.7. The van der Waals surface area contributed by atoms with Gasteiger partial charge in [-0.2, -0.15) is 5.26 Å². The molecule has 1 aliphatic carbocycles. The molecule has 2 fully saturated rings. The fourth-order valence-electron chi connectivity index (χ4n) is 3.38. The van der Waals surface area contributed by atoms with Crippen LogP contribution in [0.25, 0.3) is 10.8 Å². The molecule has 0 radical (unpaired) electrons. The van der Waals surface area contributed by atoms with Gasteiger partial charge in [0, 0.05) is 23.1 Å². The van der Waals surface area contributed by atoms with E-state index >= 15 is 0 Å². The number of rotatable bonds is 3. The van der Waals surface area contributed by atoms with Crippen molar-refractivity contribution in [2.75, 3.05) is 11.9 Å². The van der Waals surface area contributed by atoms with Crippen LogP contribution in [0.1, 0.15) is 24.8 Å². The van der Waals surface area contributed by atoms with Gasteiger partial charge in [-0.3, -0.25) is 0 Å². The predicted molar refractivity (Wildman–Crippen MR) is 83.2 cm³/mol. The van der Waals surface area contributed by atoms with E-state index in [1.165, 1.54) is 12.8 Å². The van der Waals surface area contributed by atoms with E-state index in [4.69, 9.17) is 4.74 Å². The van der Waals surface area contributed by atoms with Crippen molar-refractivity contribution in [1.29, 1.82) is 5.26 Å². The summed E-state index contributed by atoms with van der Waals surface area (Å²) in [5.41, 5.74) is 1.85. The number of fused-ring (bicyclic) bond motifs is 1. The molecule has 3 nitrogen and oxygen atoms in total. The number of hydrogen-bond acceptors (Lipinski definition) is 3. The molecule has 0 spiro atoms. The Labute approximate surface area is 124 Å². The van der Waals surface area contributed by atoms with E-state index in [1.54, 1.807) is 0 Å². The predicted octanol–water partition coefficient (Wildman–Crippen LogP) is 3.69. The largest absolute Gasteiger partial charge is 0.379 e. The third-order valence-corrected chi connectivity index (χ3v) is 4.61. The van der Waals surface area contributed by atoms with Crippen LogP contribution in [0, 0.1) is 17.2 Å². The molecular weight excluding hydrogens is 260 g/mol. The van der Waals surface area contributed by atoms with E-state index < -0.39 is 0 Å². The average molecular weight is 278 g/mol. The summed E-state index contributed by atoms with van der Waals surface area (Å²) < 4.78 is 5.90. The molecule has 0 bridgehead atoms. The summed E-state index contributed by atoms with van der Waals surface area (Å²) in [4.78, 5) is 0. The van der Waals surface area contributed by atoms with Gasteiger partial charge in [-0.15, -0.1) is 0 Å². The Hall–Kier alpha value is -2.05. The maximum atomic E-state index is 9.24. The van der Waals surface area contributed by atoms with Crippen molar-refractivity contribution in [2.24, 2.45) is 5.92 Å². The second-order valence-corrected chi connectivity index (χ2v) is 6.03. The third-order valence-electron chi connectivity index (χ3n) is 4.61. The van der Waals surface area contributed by atoms with Gasteiger partial charge in [-0.25, -0.2) is 0 Å². The van der Waals surface area contributed by atoms with Crippen LogP contribution in [-0.4, -0.2) is 18.8 Å². The van der Waals surface area contributed by atoms with Gasteiger partial charge in [0.2, 0.25) is 0 Å². The van der Waals surface area contributed by atoms with Crippen LogP contribution in [0.2, 0.25) is 0 Å². The Bertz CT molecular complexity index is 715. The van der Waals surface area contributed by atoms with E-state index in [0.29, 0.717) is 12.1 Å². The van der Waals surface area contributed by atoms with Gasteiger partial charge < -0.3 is 10.1 Å². The summed E-state index contributed by atoms with van der Waals surface area (Å²) in [6.07, 6.45) is 4.03. The SMILES string of the molecule is N#Cc1ccc(NC2CCOC2C2CC2)c2ccccc12. The molecule has 4 rings (SSSR count). The fourth-order valence-corrected chi connectivity index (χ4v) is 3.38. The van der Waals surface area contributed by atoms with Gasteiger partial charge >= 0.3 is 0 Å². The van der Waals surface area contributed by atoms with Crippen molar-refractivity contribution in [2.45, 2.75) is 31.4 Å². The van der Waals surface area contributed by atoms with Crippen molar-refractivity contribution < 1.29 is 4.74 Å². The van der Waals surface area contributed by atoms with Gasteiger partial charge in [-0.05, 0) is 37.3 Å². The lowest BCUT2D eigenvalue weighted by molar-refractivity contribution is 0.0899. The molecule has 2 unspecified atom stereocenters. The minimum absolute atomic E-state index is 0.361. The quantitative estimate of drug-likeness (QED) is 0.931. The van der Waals surface area contributed by atoms with Crippen LogP contribution in [0.5, 0.6) is 0 Å². The summed E-state index contributed by atoms with van der Waals surface area (Å²) in [5.74, 6) is 0.745. The van der Waals surface area contributed by atoms with Crippen LogP contribution in [-0.2, 0) is 4.74 Å². The highest BCUT2D eigenvalue weighted by Gasteiger charge is 2.40. The third kappa shape index (κ3) is 2.26. The van der Waals surface area contributed by atoms with Crippen molar-refractivity contribution in [3.8, 4) is 6.07 Å². The van der Waals surface area contributed by atoms with Gasteiger partial charge in [0.15, 0.2) is 0 Å². The molecule has 2 aromatic carbocycles. The number of anilines is 1. The fraction of sp³-hybridized carbons (Fsp3) is 0.389. The van der Waals surface area contributed by atoms with Gasteiger partial charge in [0.25, 0.3) is 0 Å². The number of benzene rings is 2. The number of hydrogen-bond donors (Lipinski definition) is 1. The number of nitriles is 1. The molecule has 1 heterocycles. The summed E-state index contributed by atoms with van der Waals surface area (Å²) >= 11 is 0. The van der Waals surface area contributed by atoms with Crippen LogP contribution in [0.4, 0.5) is 5.69 Å². The second-order valence-electron chi connectivity index (χ2n) is 6.03. The summed E-state index contributed by atoms with van der Waals surface area (Å²) in [7, 11) is 0. The van der Waals surface area contributed by atoms with Crippen molar-refractivity contribution in [3.05, 3.63) is 42.0 Å². The van der Waals surface area contributed by atoms with E-state index in [-0.39, 0.29) is 0 Å². The maximum Gasteiger partial charge on any atom is 0.0998 e. The number of nitrogens with one attached hydrogen (secondary N) is 1. The minimum atomic E-state index is 0.361. The first kappa shape index (κ1) is 12.7. The topological polar surface area (TPSA) is 45.0 Å². The summed E-state index contributed by atoms with van der Waals surface area (Å²) in [5, 5.41) is 15.1. The van der Waals surface area contributed by atoms with Crippen LogP contribution in [0.15, 0.2) is 36.4 Å². The highest BCUT2D eigenvalue weighted by atomic mass is 16.5. The molecule has 2 atom stereocenters. The second kappa shape index (κ2) is 5.05. The monoisotopic (exact) mass is 278 g/mol. The van der Waals surface area contributed by atoms with Gasteiger partial charge in [-0.1, -0.05) is 24.3 Å². The smallest absolute Gasteiger partial charge is 0.0998 e. The first-order chi connectivity index (χ1) is 10.4. The molecule has 106 valence electrons. The molecule has 2 aromatic rings. The van der Waals surface area contributed by atoms with Crippen LogP contribution < -0.4 is 5.32 Å². The lowest BCUT2D eigenvalue weighted by Crippen LogP contribution is -2.31. The number of ether oxygens (including phenoxy) is 1. The van der Waals surface area contributed by atoms with Gasteiger partial charge in [0.05, 0.1) is 23.8 Å². The van der Waals surface area contributed by atoms with Crippen LogP contribution >= 0.6 is 0 Å². The Morgan fingerprint density at radius 2 is 1.86 bits per heavy atom. The van der Waals surface area contributed by atoms with E-state index in [0.717, 1.165) is 41.0 Å². The van der Waals surface area contributed by atoms with E-state index in [2.05, 4.69) is 17.5 Å². The molecule has 1 saturated carbocycles. The lowest BCUT2D eigenvalue weighted by Gasteiger charge is -2.21. The first-order valence-corrected chi connectivity index (χ1v) is 7.67. The Morgan fingerprint density at radius 1 is 1.05 bits per heavy atom. The molecule has 1 N–H and O–H groups in total. The zero-order chi connectivity index (χ0) is 14.2. The molecule has 2 aliphatic rings. The van der Waals surface area contributed by atoms with E-state index in [1.807, 2.05) is 30.3 Å². The van der Waals surface area contributed by atoms with E-state index in [9.17, 15) is 5.26 Å². The standard InChI is InChI=1S/C18H18N2O/c19-11-13-7-8-16(15-4-2-1-3-14(13)15)20-17-9-10-21-18(17)12-5-6-12/h1-4,7-8,12,17-18,20H,5-6,9-10H2. The van der Waals surface area contributed by atoms with Crippen molar-refractivity contribution in [1.82, 2.24) is 0 Å². The molecule has 3 heteroatoms. The molecular formula is C18H18N2O. The molecule has 0 aromatic heterocycles. The normalized spacial score (nSPS) is 24.9. The Balaban J connectivity index is 1.69. The minimum Gasteiger partial charge on any atom is -0.379 e. The highest BCUT2D eigenvalue weighted by Crippen LogP contribution is 2.40. The van der Waals surface area contributed by atoms with Crippen LogP contribution in [0.3, 0.4) is 0 Å². The molecule has 1 saturated heterocycles. The number of nitrogens with zero attached hydrogens (tertiary/aromatic N) is 1. The lowest BCUT2D eigenvalue weighted by atomic mass is 10.0. The average Bonchev–Trinajstić information content (AvgIpc) is 3.27. The first-order valence-electron chi connectivity index (χ1n) is 7.67. The molecule has 0 amide bonds. The van der Waals surface area contributed by atoms with Crippen molar-refractivity contribution >= 4 is 16.5 Å². The molecule has 21 heavy (non-hydrogen) atoms. The highest BCUT2D eigenvalue weighted by molar-refractivity contribution is 5.97. The zero-order valence-electron chi connectivity index (χ0n) is 11.9.